The minimum atomic E-state index is -0.0850. The van der Waals surface area contributed by atoms with Gasteiger partial charge in [0.05, 0.1) is 17.6 Å². The number of hydrogen-bond donors (Lipinski definition) is 2. The Hall–Kier alpha value is -2.14. The molecular formula is C13H11N3OS. The fourth-order valence-corrected chi connectivity index (χ4v) is 2.42. The van der Waals surface area contributed by atoms with Crippen LogP contribution in [0.1, 0.15) is 15.4 Å². The van der Waals surface area contributed by atoms with E-state index in [-0.39, 0.29) is 5.91 Å². The second kappa shape index (κ2) is 4.62. The van der Waals surface area contributed by atoms with E-state index in [2.05, 4.69) is 15.3 Å². The zero-order valence-electron chi connectivity index (χ0n) is 9.51. The van der Waals surface area contributed by atoms with E-state index in [1.165, 1.54) is 11.3 Å². The molecular weight excluding hydrogens is 246 g/mol. The maximum absolute atomic E-state index is 12.1. The van der Waals surface area contributed by atoms with Crippen molar-refractivity contribution in [2.45, 2.75) is 6.54 Å². The van der Waals surface area contributed by atoms with E-state index >= 15 is 0 Å². The molecule has 0 atom stereocenters. The zero-order chi connectivity index (χ0) is 12.4. The zero-order valence-corrected chi connectivity index (χ0v) is 10.3. The molecule has 0 aliphatic rings. The summed E-state index contributed by atoms with van der Waals surface area (Å²) in [5.41, 5.74) is 1.53. The number of para-hydroxylation sites is 1. The van der Waals surface area contributed by atoms with Crippen LogP contribution in [-0.4, -0.2) is 15.9 Å². The molecule has 18 heavy (non-hydrogen) atoms. The molecule has 0 spiro atoms. The molecule has 0 bridgehead atoms. The maximum Gasteiger partial charge on any atom is 0.253 e. The first-order valence-electron chi connectivity index (χ1n) is 5.57. The van der Waals surface area contributed by atoms with Gasteiger partial charge in [-0.25, -0.2) is 4.98 Å². The van der Waals surface area contributed by atoms with Crippen LogP contribution < -0.4 is 5.32 Å². The first kappa shape index (κ1) is 11.0. The quantitative estimate of drug-likeness (QED) is 0.757. The topological polar surface area (TPSA) is 57.8 Å². The van der Waals surface area contributed by atoms with Gasteiger partial charge in [0, 0.05) is 23.2 Å². The second-order valence-electron chi connectivity index (χ2n) is 3.86. The lowest BCUT2D eigenvalue weighted by molar-refractivity contribution is 0.0952. The minimum Gasteiger partial charge on any atom is -0.361 e. The number of benzene rings is 1. The average Bonchev–Trinajstić information content (AvgIpc) is 3.05. The van der Waals surface area contributed by atoms with Crippen LogP contribution in [0.3, 0.4) is 0 Å². The highest BCUT2D eigenvalue weighted by atomic mass is 32.1. The summed E-state index contributed by atoms with van der Waals surface area (Å²) in [6.45, 7) is 0.466. The molecule has 2 aromatic heterocycles. The Morgan fingerprint density at radius 2 is 2.33 bits per heavy atom. The third-order valence-electron chi connectivity index (χ3n) is 2.72. The molecule has 4 nitrogen and oxygen atoms in total. The smallest absolute Gasteiger partial charge is 0.253 e. The highest BCUT2D eigenvalue weighted by molar-refractivity contribution is 7.09. The average molecular weight is 257 g/mol. The molecule has 2 heterocycles. The van der Waals surface area contributed by atoms with Crippen molar-refractivity contribution >= 4 is 28.1 Å². The number of fused-ring (bicyclic) bond motifs is 1. The van der Waals surface area contributed by atoms with Crippen molar-refractivity contribution in [3.63, 3.8) is 0 Å². The summed E-state index contributed by atoms with van der Waals surface area (Å²) in [4.78, 5) is 19.3. The molecule has 0 aliphatic heterocycles. The maximum atomic E-state index is 12.1. The van der Waals surface area contributed by atoms with Gasteiger partial charge in [0.15, 0.2) is 0 Å². The van der Waals surface area contributed by atoms with Crippen molar-refractivity contribution < 1.29 is 4.79 Å². The molecule has 0 saturated carbocycles. The van der Waals surface area contributed by atoms with Gasteiger partial charge in [-0.15, -0.1) is 11.3 Å². The Morgan fingerprint density at radius 1 is 1.39 bits per heavy atom. The summed E-state index contributed by atoms with van der Waals surface area (Å²) in [6, 6.07) is 7.63. The van der Waals surface area contributed by atoms with E-state index in [1.54, 1.807) is 6.20 Å². The fraction of sp³-hybridized carbons (Fsp3) is 0.0769. The largest absolute Gasteiger partial charge is 0.361 e. The van der Waals surface area contributed by atoms with Crippen LogP contribution in [0, 0.1) is 0 Å². The molecule has 0 radical (unpaired) electrons. The molecule has 0 saturated heterocycles. The summed E-state index contributed by atoms with van der Waals surface area (Å²) in [7, 11) is 0. The van der Waals surface area contributed by atoms with Gasteiger partial charge >= 0.3 is 0 Å². The summed E-state index contributed by atoms with van der Waals surface area (Å²) in [6.07, 6.45) is 3.57. The van der Waals surface area contributed by atoms with Crippen molar-refractivity contribution in [1.82, 2.24) is 15.3 Å². The van der Waals surface area contributed by atoms with Gasteiger partial charge in [0.1, 0.15) is 5.01 Å². The third kappa shape index (κ3) is 2.00. The molecule has 0 unspecified atom stereocenters. The predicted octanol–water partition coefficient (Wildman–Crippen LogP) is 2.55. The number of thiazole rings is 1. The van der Waals surface area contributed by atoms with Crippen molar-refractivity contribution in [3.8, 4) is 0 Å². The molecule has 2 N–H and O–H groups in total. The molecule has 3 rings (SSSR count). The van der Waals surface area contributed by atoms with Gasteiger partial charge in [0.2, 0.25) is 0 Å². The van der Waals surface area contributed by atoms with E-state index in [0.29, 0.717) is 12.1 Å². The van der Waals surface area contributed by atoms with Gasteiger partial charge in [-0.05, 0) is 12.1 Å². The van der Waals surface area contributed by atoms with E-state index < -0.39 is 0 Å². The van der Waals surface area contributed by atoms with Crippen LogP contribution in [0.15, 0.2) is 42.0 Å². The highest BCUT2D eigenvalue weighted by Gasteiger charge is 2.10. The highest BCUT2D eigenvalue weighted by Crippen LogP contribution is 2.16. The minimum absolute atomic E-state index is 0.0850. The van der Waals surface area contributed by atoms with Gasteiger partial charge in [0.25, 0.3) is 5.91 Å². The lowest BCUT2D eigenvalue weighted by Crippen LogP contribution is -2.22. The first-order valence-corrected chi connectivity index (χ1v) is 6.45. The van der Waals surface area contributed by atoms with Gasteiger partial charge < -0.3 is 10.3 Å². The normalized spacial score (nSPS) is 10.7. The van der Waals surface area contributed by atoms with Gasteiger partial charge in [-0.1, -0.05) is 12.1 Å². The molecule has 0 aliphatic carbocycles. The Bertz CT molecular complexity index is 672. The van der Waals surface area contributed by atoms with Crippen molar-refractivity contribution in [3.05, 3.63) is 52.6 Å². The van der Waals surface area contributed by atoms with Gasteiger partial charge in [-0.2, -0.15) is 0 Å². The van der Waals surface area contributed by atoms with E-state index in [9.17, 15) is 4.79 Å². The molecule has 0 fully saturated rings. The number of amides is 1. The molecule has 3 aromatic rings. The molecule has 90 valence electrons. The number of aromatic nitrogens is 2. The third-order valence-corrected chi connectivity index (χ3v) is 3.50. The van der Waals surface area contributed by atoms with Crippen LogP contribution >= 0.6 is 11.3 Å². The Kier molecular flexibility index (Phi) is 2.82. The second-order valence-corrected chi connectivity index (χ2v) is 4.84. The summed E-state index contributed by atoms with van der Waals surface area (Å²) < 4.78 is 0. The number of H-pyrrole nitrogens is 1. The van der Waals surface area contributed by atoms with Crippen LogP contribution in [-0.2, 0) is 6.54 Å². The first-order chi connectivity index (χ1) is 8.84. The number of nitrogens with zero attached hydrogens (tertiary/aromatic N) is 1. The SMILES string of the molecule is O=C(NCc1nccs1)c1cccc2cc[nH]c12. The van der Waals surface area contributed by atoms with Crippen molar-refractivity contribution in [2.75, 3.05) is 0 Å². The number of rotatable bonds is 3. The number of carbonyl (C=O) groups is 1. The number of hydrogen-bond acceptors (Lipinski definition) is 3. The Labute approximate surface area is 108 Å². The van der Waals surface area contributed by atoms with E-state index in [4.69, 9.17) is 0 Å². The fourth-order valence-electron chi connectivity index (χ4n) is 1.87. The van der Waals surface area contributed by atoms with E-state index in [0.717, 1.165) is 15.9 Å². The van der Waals surface area contributed by atoms with E-state index in [1.807, 2.05) is 35.8 Å². The van der Waals surface area contributed by atoms with Gasteiger partial charge in [-0.3, -0.25) is 4.79 Å². The molecule has 1 amide bonds. The summed E-state index contributed by atoms with van der Waals surface area (Å²) >= 11 is 1.53. The van der Waals surface area contributed by atoms with Crippen LogP contribution in [0.4, 0.5) is 0 Å². The number of aromatic amines is 1. The standard InChI is InChI=1S/C13H11N3OS/c17-13(16-8-11-14-6-7-18-11)10-3-1-2-9-4-5-15-12(9)10/h1-7,15H,8H2,(H,16,17). The lowest BCUT2D eigenvalue weighted by Gasteiger charge is -2.04. The van der Waals surface area contributed by atoms with Crippen LogP contribution in [0.2, 0.25) is 0 Å². The lowest BCUT2D eigenvalue weighted by atomic mass is 10.1. The Morgan fingerprint density at radius 3 is 3.17 bits per heavy atom. The molecule has 1 aromatic carbocycles. The van der Waals surface area contributed by atoms with Crippen molar-refractivity contribution in [2.24, 2.45) is 0 Å². The van der Waals surface area contributed by atoms with Crippen LogP contribution in [0.5, 0.6) is 0 Å². The monoisotopic (exact) mass is 257 g/mol. The summed E-state index contributed by atoms with van der Waals surface area (Å²) in [5.74, 6) is -0.0850. The summed E-state index contributed by atoms with van der Waals surface area (Å²) in [5, 5.41) is 6.71. The number of carbonyl (C=O) groups excluding carboxylic acids is 1. The van der Waals surface area contributed by atoms with Crippen molar-refractivity contribution in [1.29, 1.82) is 0 Å². The Balaban J connectivity index is 1.81. The predicted molar refractivity (Wildman–Crippen MR) is 71.6 cm³/mol. The number of nitrogens with one attached hydrogen (secondary N) is 2. The molecule has 5 heteroatoms. The van der Waals surface area contributed by atoms with Crippen LogP contribution in [0.25, 0.3) is 10.9 Å².